The minimum atomic E-state index is -3.86. The third-order valence-corrected chi connectivity index (χ3v) is 4.63. The number of nitrogens with zero attached hydrogens (tertiary/aromatic N) is 2. The van der Waals surface area contributed by atoms with Gasteiger partial charge in [0.2, 0.25) is 0 Å². The molecule has 0 aromatic heterocycles. The number of rotatable bonds is 3. The predicted octanol–water partition coefficient (Wildman–Crippen LogP) is 0.770. The molecule has 0 saturated carbocycles. The Balaban J connectivity index is 1.90. The molecule has 0 radical (unpaired) electrons. The Morgan fingerprint density at radius 1 is 1.08 bits per heavy atom. The number of hydrazone groups is 1. The van der Waals surface area contributed by atoms with Crippen molar-refractivity contribution in [2.24, 2.45) is 10.1 Å². The lowest BCUT2D eigenvalue weighted by Crippen LogP contribution is -2.30. The number of halogens is 1. The SMILES string of the molecule is O=C1N=c2ccccc2=CC1=C=NNS(=O)(=O)c1ccc(Cl)cc1. The molecule has 0 unspecified atom stereocenters. The number of para-hydroxylation sites is 1. The summed E-state index contributed by atoms with van der Waals surface area (Å²) in [6.07, 6.45) is 1.55. The van der Waals surface area contributed by atoms with Crippen LogP contribution in [0.25, 0.3) is 6.08 Å². The first kappa shape index (κ1) is 16.1. The summed E-state index contributed by atoms with van der Waals surface area (Å²) in [7, 11) is -3.86. The molecule has 0 atom stereocenters. The Morgan fingerprint density at radius 3 is 2.54 bits per heavy atom. The van der Waals surface area contributed by atoms with E-state index in [0.29, 0.717) is 10.4 Å². The number of hydrogen-bond donors (Lipinski definition) is 1. The molecule has 1 heterocycles. The fourth-order valence-electron chi connectivity index (χ4n) is 1.99. The van der Waals surface area contributed by atoms with Crippen LogP contribution in [-0.4, -0.2) is 20.2 Å². The second kappa shape index (κ2) is 6.41. The second-order valence-electron chi connectivity index (χ2n) is 4.81. The van der Waals surface area contributed by atoms with Gasteiger partial charge in [0.15, 0.2) is 0 Å². The Morgan fingerprint density at radius 2 is 1.79 bits per heavy atom. The lowest BCUT2D eigenvalue weighted by atomic mass is 10.1. The van der Waals surface area contributed by atoms with Gasteiger partial charge < -0.3 is 0 Å². The van der Waals surface area contributed by atoms with Crippen molar-refractivity contribution in [1.82, 2.24) is 4.83 Å². The zero-order chi connectivity index (χ0) is 17.2. The summed E-state index contributed by atoms with van der Waals surface area (Å²) in [6.45, 7) is 0. The smallest absolute Gasteiger partial charge is 0.266 e. The van der Waals surface area contributed by atoms with E-state index in [-0.39, 0.29) is 10.5 Å². The molecule has 2 aromatic carbocycles. The molecule has 0 saturated heterocycles. The van der Waals surface area contributed by atoms with Crippen molar-refractivity contribution in [3.8, 4) is 0 Å². The summed E-state index contributed by atoms with van der Waals surface area (Å²) >= 11 is 5.72. The molecule has 6 nitrogen and oxygen atoms in total. The van der Waals surface area contributed by atoms with Crippen LogP contribution >= 0.6 is 11.6 Å². The quantitative estimate of drug-likeness (QED) is 0.499. The third-order valence-electron chi connectivity index (χ3n) is 3.16. The molecule has 1 N–H and O–H groups in total. The molecule has 0 bridgehead atoms. The molecule has 24 heavy (non-hydrogen) atoms. The maximum absolute atomic E-state index is 12.0. The molecule has 2 aromatic rings. The standard InChI is InChI=1S/C16H10ClN3O3S/c17-13-5-7-14(8-6-13)24(22,23)20-18-10-12-9-11-3-1-2-4-15(11)19-16(12)21/h1-9,20H. The van der Waals surface area contributed by atoms with Crippen LogP contribution in [0.5, 0.6) is 0 Å². The number of fused-ring (bicyclic) bond motifs is 1. The molecule has 0 aliphatic carbocycles. The van der Waals surface area contributed by atoms with E-state index in [9.17, 15) is 13.2 Å². The summed E-state index contributed by atoms with van der Waals surface area (Å²) < 4.78 is 24.1. The summed E-state index contributed by atoms with van der Waals surface area (Å²) in [5, 5.41) is 5.22. The van der Waals surface area contributed by atoms with Crippen LogP contribution in [0.4, 0.5) is 0 Å². The maximum Gasteiger partial charge on any atom is 0.287 e. The molecule has 0 spiro atoms. The normalized spacial score (nSPS) is 13.2. The molecular weight excluding hydrogens is 350 g/mol. The molecule has 0 fully saturated rings. The number of hydrogen-bond acceptors (Lipinski definition) is 4. The van der Waals surface area contributed by atoms with Gasteiger partial charge in [0.05, 0.1) is 10.3 Å². The minimum Gasteiger partial charge on any atom is -0.266 e. The van der Waals surface area contributed by atoms with Crippen molar-refractivity contribution >= 4 is 39.5 Å². The topological polar surface area (TPSA) is 88.0 Å². The van der Waals surface area contributed by atoms with E-state index < -0.39 is 15.9 Å². The van der Waals surface area contributed by atoms with Gasteiger partial charge in [-0.05, 0) is 36.4 Å². The van der Waals surface area contributed by atoms with E-state index in [1.54, 1.807) is 30.3 Å². The zero-order valence-electron chi connectivity index (χ0n) is 12.1. The Bertz CT molecular complexity index is 1100. The van der Waals surface area contributed by atoms with E-state index in [1.165, 1.54) is 24.3 Å². The molecule has 1 aliphatic heterocycles. The number of carbonyl (C=O) groups excluding carboxylic acids is 1. The lowest BCUT2D eigenvalue weighted by molar-refractivity contribution is -0.114. The third kappa shape index (κ3) is 3.44. The fourth-order valence-corrected chi connectivity index (χ4v) is 2.88. The van der Waals surface area contributed by atoms with E-state index >= 15 is 0 Å². The monoisotopic (exact) mass is 359 g/mol. The number of amides is 1. The largest absolute Gasteiger partial charge is 0.287 e. The second-order valence-corrected chi connectivity index (χ2v) is 6.90. The molecule has 120 valence electrons. The van der Waals surface area contributed by atoms with Gasteiger partial charge in [0.25, 0.3) is 15.9 Å². The van der Waals surface area contributed by atoms with Crippen molar-refractivity contribution < 1.29 is 13.2 Å². The minimum absolute atomic E-state index is 0.00330. The van der Waals surface area contributed by atoms with Crippen LogP contribution in [0, 0.1) is 0 Å². The van der Waals surface area contributed by atoms with E-state index in [2.05, 4.69) is 16.0 Å². The van der Waals surface area contributed by atoms with Crippen molar-refractivity contribution in [2.75, 3.05) is 0 Å². The van der Waals surface area contributed by atoms with Gasteiger partial charge in [-0.3, -0.25) is 4.79 Å². The van der Waals surface area contributed by atoms with Gasteiger partial charge in [-0.1, -0.05) is 29.8 Å². The van der Waals surface area contributed by atoms with Crippen LogP contribution in [0.15, 0.2) is 69.1 Å². The molecule has 3 rings (SSSR count). The highest BCUT2D eigenvalue weighted by Gasteiger charge is 2.13. The van der Waals surface area contributed by atoms with Gasteiger partial charge in [-0.15, -0.1) is 5.10 Å². The van der Waals surface area contributed by atoms with Gasteiger partial charge >= 0.3 is 0 Å². The average molecular weight is 360 g/mol. The van der Waals surface area contributed by atoms with E-state index in [4.69, 9.17) is 11.6 Å². The number of carbonyl (C=O) groups is 1. The number of nitrogens with one attached hydrogen (secondary N) is 1. The maximum atomic E-state index is 12.0. The highest BCUT2D eigenvalue weighted by Crippen LogP contribution is 2.13. The van der Waals surface area contributed by atoms with E-state index in [0.717, 1.165) is 5.22 Å². The summed E-state index contributed by atoms with van der Waals surface area (Å²) in [6, 6.07) is 12.7. The number of benzene rings is 2. The van der Waals surface area contributed by atoms with Crippen LogP contribution in [0.2, 0.25) is 5.02 Å². The van der Waals surface area contributed by atoms with Crippen molar-refractivity contribution in [2.45, 2.75) is 4.90 Å². The van der Waals surface area contributed by atoms with Crippen LogP contribution in [-0.2, 0) is 14.8 Å². The summed E-state index contributed by atoms with van der Waals surface area (Å²) in [5.74, 6) is 1.84. The Hall–Kier alpha value is -2.73. The van der Waals surface area contributed by atoms with E-state index in [1.807, 2.05) is 4.83 Å². The molecule has 8 heteroatoms. The average Bonchev–Trinajstić information content (AvgIpc) is 2.55. The Labute approximate surface area is 142 Å². The molecule has 1 amide bonds. The van der Waals surface area contributed by atoms with Gasteiger partial charge in [0, 0.05) is 16.1 Å². The zero-order valence-corrected chi connectivity index (χ0v) is 13.7. The van der Waals surface area contributed by atoms with Crippen LogP contribution in [0.3, 0.4) is 0 Å². The predicted molar refractivity (Wildman–Crippen MR) is 89.4 cm³/mol. The Kier molecular flexibility index (Phi) is 4.31. The first-order chi connectivity index (χ1) is 11.5. The van der Waals surface area contributed by atoms with Gasteiger partial charge in [0.1, 0.15) is 5.57 Å². The first-order valence-corrected chi connectivity index (χ1v) is 8.62. The lowest BCUT2D eigenvalue weighted by Gasteiger charge is -2.02. The van der Waals surface area contributed by atoms with Crippen molar-refractivity contribution in [3.63, 3.8) is 0 Å². The summed E-state index contributed by atoms with van der Waals surface area (Å²) in [5.41, 5.74) is 0.0625. The number of sulfonamides is 1. The van der Waals surface area contributed by atoms with Gasteiger partial charge in [-0.2, -0.15) is 13.2 Å². The highest BCUT2D eigenvalue weighted by atomic mass is 35.5. The molecular formula is C16H10ClN3O3S. The first-order valence-electron chi connectivity index (χ1n) is 6.76. The molecule has 1 aliphatic rings. The van der Waals surface area contributed by atoms with Crippen molar-refractivity contribution in [3.05, 3.63) is 69.7 Å². The van der Waals surface area contributed by atoms with Crippen LogP contribution in [0.1, 0.15) is 0 Å². The van der Waals surface area contributed by atoms with Crippen LogP contribution < -0.4 is 15.4 Å². The van der Waals surface area contributed by atoms with Gasteiger partial charge in [-0.25, -0.2) is 4.99 Å². The fraction of sp³-hybridized carbons (Fsp3) is 0. The summed E-state index contributed by atoms with van der Waals surface area (Å²) in [4.78, 5) is 17.8. The van der Waals surface area contributed by atoms with Crippen molar-refractivity contribution in [1.29, 1.82) is 0 Å². The highest BCUT2D eigenvalue weighted by molar-refractivity contribution is 7.89.